The van der Waals surface area contributed by atoms with Crippen LogP contribution in [0.2, 0.25) is 0 Å². The van der Waals surface area contributed by atoms with E-state index in [1.807, 2.05) is 23.3 Å². The number of fused-ring (bicyclic) bond motifs is 2. The Kier molecular flexibility index (Phi) is 6.05. The number of aromatic hydroxyl groups is 1. The summed E-state index contributed by atoms with van der Waals surface area (Å²) in [6, 6.07) is 11.2. The van der Waals surface area contributed by atoms with E-state index in [2.05, 4.69) is 40.3 Å². The standard InChI is InChI=1S/C25H28N6O2S/c1-3-14-10-16(32)5-7-17(14)15-4-6-18-21(11-15)29-30-23(18)24-27-20-8-9-31(12-22(20)28-24)25(33)19(26)13-34-2/h4-7,10-11,19,32H,3,8-9,12-13,26H2,1-2H3,(H,27,28)(H,29,30)/t19-/m0/s1. The van der Waals surface area contributed by atoms with Gasteiger partial charge in [-0.3, -0.25) is 9.89 Å². The quantitative estimate of drug-likeness (QED) is 0.338. The van der Waals surface area contributed by atoms with Crippen LogP contribution < -0.4 is 5.73 Å². The summed E-state index contributed by atoms with van der Waals surface area (Å²) in [6.45, 7) is 3.18. The van der Waals surface area contributed by atoms with E-state index < -0.39 is 6.04 Å². The number of aromatic amines is 2. The number of carbonyl (C=O) groups is 1. The minimum atomic E-state index is -0.481. The van der Waals surface area contributed by atoms with Crippen LogP contribution in [-0.4, -0.2) is 60.7 Å². The Morgan fingerprint density at radius 1 is 1.29 bits per heavy atom. The molecule has 1 aliphatic heterocycles. The molecule has 0 bridgehead atoms. The Balaban J connectivity index is 1.43. The lowest BCUT2D eigenvalue weighted by Crippen LogP contribution is -2.47. The van der Waals surface area contributed by atoms with Gasteiger partial charge in [-0.2, -0.15) is 16.9 Å². The number of rotatable bonds is 6. The number of aromatic nitrogens is 4. The third-order valence-corrected chi connectivity index (χ3v) is 7.07. The van der Waals surface area contributed by atoms with E-state index in [4.69, 9.17) is 10.7 Å². The number of imidazole rings is 1. The summed E-state index contributed by atoms with van der Waals surface area (Å²) in [6.07, 6.45) is 3.47. The molecule has 0 saturated carbocycles. The molecule has 0 spiro atoms. The lowest BCUT2D eigenvalue weighted by molar-refractivity contribution is -0.133. The maximum Gasteiger partial charge on any atom is 0.240 e. The molecule has 8 nitrogen and oxygen atoms in total. The SMILES string of the molecule is CCc1cc(O)ccc1-c1ccc2c(-c3nc4c([nH]3)CN(C(=O)[C@@H](N)CSC)CC4)n[nH]c2c1. The Morgan fingerprint density at radius 2 is 2.15 bits per heavy atom. The number of aryl methyl sites for hydroxylation is 1. The molecule has 5 rings (SSSR count). The highest BCUT2D eigenvalue weighted by atomic mass is 32.2. The monoisotopic (exact) mass is 476 g/mol. The fourth-order valence-corrected chi connectivity index (χ4v) is 5.10. The van der Waals surface area contributed by atoms with Crippen LogP contribution in [0, 0.1) is 0 Å². The number of amides is 1. The summed E-state index contributed by atoms with van der Waals surface area (Å²) in [5.74, 6) is 1.57. The first-order valence-corrected chi connectivity index (χ1v) is 12.8. The van der Waals surface area contributed by atoms with Crippen molar-refractivity contribution in [2.24, 2.45) is 5.73 Å². The fraction of sp³-hybridized carbons (Fsp3) is 0.320. The molecular formula is C25H28N6O2S. The summed E-state index contributed by atoms with van der Waals surface area (Å²) in [5, 5.41) is 18.5. The highest BCUT2D eigenvalue weighted by Crippen LogP contribution is 2.33. The topological polar surface area (TPSA) is 124 Å². The van der Waals surface area contributed by atoms with Gasteiger partial charge in [-0.1, -0.05) is 19.1 Å². The Hall–Kier alpha value is -3.30. The maximum absolute atomic E-state index is 12.6. The number of hydrogen-bond donors (Lipinski definition) is 4. The summed E-state index contributed by atoms with van der Waals surface area (Å²) in [5.41, 5.74) is 12.9. The number of benzene rings is 2. The van der Waals surface area contributed by atoms with Gasteiger partial charge in [-0.15, -0.1) is 0 Å². The molecule has 5 N–H and O–H groups in total. The van der Waals surface area contributed by atoms with Gasteiger partial charge < -0.3 is 20.7 Å². The molecule has 1 amide bonds. The van der Waals surface area contributed by atoms with Crippen molar-refractivity contribution < 1.29 is 9.90 Å². The van der Waals surface area contributed by atoms with Crippen molar-refractivity contribution in [3.05, 3.63) is 53.3 Å². The van der Waals surface area contributed by atoms with Gasteiger partial charge in [0, 0.05) is 24.1 Å². The third kappa shape index (κ3) is 4.05. The number of nitrogens with one attached hydrogen (secondary N) is 2. The van der Waals surface area contributed by atoms with E-state index in [-0.39, 0.29) is 11.7 Å². The van der Waals surface area contributed by atoms with Crippen LogP contribution in [0.1, 0.15) is 23.9 Å². The fourth-order valence-electron chi connectivity index (χ4n) is 4.60. The van der Waals surface area contributed by atoms with Gasteiger partial charge in [0.1, 0.15) is 11.4 Å². The maximum atomic E-state index is 12.6. The van der Waals surface area contributed by atoms with Gasteiger partial charge in [-0.25, -0.2) is 4.98 Å². The van der Waals surface area contributed by atoms with E-state index in [0.717, 1.165) is 51.1 Å². The molecular weight excluding hydrogens is 448 g/mol. The second kappa shape index (κ2) is 9.15. The molecule has 1 aliphatic rings. The lowest BCUT2D eigenvalue weighted by atomic mass is 9.97. The van der Waals surface area contributed by atoms with E-state index >= 15 is 0 Å². The zero-order chi connectivity index (χ0) is 23.8. The lowest BCUT2D eigenvalue weighted by Gasteiger charge is -2.28. The molecule has 9 heteroatoms. The summed E-state index contributed by atoms with van der Waals surface area (Å²) >= 11 is 1.58. The summed E-state index contributed by atoms with van der Waals surface area (Å²) in [4.78, 5) is 22.6. The zero-order valence-corrected chi connectivity index (χ0v) is 20.1. The van der Waals surface area contributed by atoms with Gasteiger partial charge >= 0.3 is 0 Å². The highest BCUT2D eigenvalue weighted by molar-refractivity contribution is 7.98. The van der Waals surface area contributed by atoms with Crippen molar-refractivity contribution in [3.63, 3.8) is 0 Å². The molecule has 2 aromatic heterocycles. The van der Waals surface area contributed by atoms with Crippen molar-refractivity contribution in [1.29, 1.82) is 0 Å². The smallest absolute Gasteiger partial charge is 0.240 e. The number of H-pyrrole nitrogens is 2. The normalized spacial score (nSPS) is 14.4. The molecule has 2 aromatic carbocycles. The zero-order valence-electron chi connectivity index (χ0n) is 19.3. The van der Waals surface area contributed by atoms with Crippen LogP contribution in [0.5, 0.6) is 5.75 Å². The Bertz CT molecular complexity index is 1360. The highest BCUT2D eigenvalue weighted by Gasteiger charge is 2.27. The second-order valence-corrected chi connectivity index (χ2v) is 9.52. The summed E-state index contributed by atoms with van der Waals surface area (Å²) < 4.78 is 0. The van der Waals surface area contributed by atoms with Crippen molar-refractivity contribution in [1.82, 2.24) is 25.1 Å². The molecule has 0 saturated heterocycles. The van der Waals surface area contributed by atoms with Crippen LogP contribution in [0.3, 0.4) is 0 Å². The molecule has 0 aliphatic carbocycles. The first-order chi connectivity index (χ1) is 16.5. The number of nitrogens with two attached hydrogens (primary N) is 1. The van der Waals surface area contributed by atoms with Gasteiger partial charge in [0.25, 0.3) is 0 Å². The van der Waals surface area contributed by atoms with E-state index in [1.54, 1.807) is 17.8 Å². The summed E-state index contributed by atoms with van der Waals surface area (Å²) in [7, 11) is 0. The molecule has 176 valence electrons. The van der Waals surface area contributed by atoms with Crippen molar-refractivity contribution in [2.45, 2.75) is 32.4 Å². The van der Waals surface area contributed by atoms with Gasteiger partial charge in [0.05, 0.1) is 29.5 Å². The van der Waals surface area contributed by atoms with Gasteiger partial charge in [0.15, 0.2) is 5.82 Å². The van der Waals surface area contributed by atoms with Gasteiger partial charge in [-0.05, 0) is 53.6 Å². The Labute approximate surface area is 202 Å². The van der Waals surface area contributed by atoms with E-state index in [1.165, 1.54) is 0 Å². The molecule has 4 aromatic rings. The average Bonchev–Trinajstić information content (AvgIpc) is 3.46. The average molecular weight is 477 g/mol. The number of carbonyl (C=O) groups excluding carboxylic acids is 1. The minimum Gasteiger partial charge on any atom is -0.508 e. The number of thioether (sulfide) groups is 1. The number of phenolic OH excluding ortho intramolecular Hbond substituents is 1. The molecule has 34 heavy (non-hydrogen) atoms. The van der Waals surface area contributed by atoms with E-state index in [0.29, 0.717) is 31.1 Å². The first kappa shape index (κ1) is 22.5. The van der Waals surface area contributed by atoms with Crippen molar-refractivity contribution in [3.8, 4) is 28.4 Å². The van der Waals surface area contributed by atoms with Gasteiger partial charge in [0.2, 0.25) is 5.91 Å². The largest absolute Gasteiger partial charge is 0.508 e. The van der Waals surface area contributed by atoms with Crippen LogP contribution >= 0.6 is 11.8 Å². The number of phenols is 1. The van der Waals surface area contributed by atoms with Crippen LogP contribution in [0.25, 0.3) is 33.5 Å². The number of hydrogen-bond acceptors (Lipinski definition) is 6. The van der Waals surface area contributed by atoms with Crippen molar-refractivity contribution in [2.75, 3.05) is 18.6 Å². The van der Waals surface area contributed by atoms with Crippen molar-refractivity contribution >= 4 is 28.6 Å². The molecule has 0 unspecified atom stereocenters. The minimum absolute atomic E-state index is 0.0189. The molecule has 3 heterocycles. The Morgan fingerprint density at radius 3 is 2.94 bits per heavy atom. The number of nitrogens with zero attached hydrogens (tertiary/aromatic N) is 3. The third-order valence-electron chi connectivity index (χ3n) is 6.37. The van der Waals surface area contributed by atoms with Crippen LogP contribution in [0.15, 0.2) is 36.4 Å². The van der Waals surface area contributed by atoms with E-state index in [9.17, 15) is 9.90 Å². The molecule has 1 atom stereocenters. The predicted octanol–water partition coefficient (Wildman–Crippen LogP) is 3.46. The van der Waals surface area contributed by atoms with Crippen LogP contribution in [0.4, 0.5) is 0 Å². The van der Waals surface area contributed by atoms with Crippen LogP contribution in [-0.2, 0) is 24.2 Å². The molecule has 0 radical (unpaired) electrons. The molecule has 0 fully saturated rings. The predicted molar refractivity (Wildman–Crippen MR) is 136 cm³/mol. The second-order valence-electron chi connectivity index (χ2n) is 8.61. The first-order valence-electron chi connectivity index (χ1n) is 11.4.